The van der Waals surface area contributed by atoms with Crippen molar-refractivity contribution in [3.63, 3.8) is 0 Å². The Bertz CT molecular complexity index is 582. The van der Waals surface area contributed by atoms with E-state index in [2.05, 4.69) is 9.46 Å². The van der Waals surface area contributed by atoms with E-state index in [1.165, 1.54) is 12.1 Å². The summed E-state index contributed by atoms with van der Waals surface area (Å²) in [6.45, 7) is 0.675. The van der Waals surface area contributed by atoms with Gasteiger partial charge >= 0.3 is 6.36 Å². The van der Waals surface area contributed by atoms with Gasteiger partial charge in [0.25, 0.3) is 0 Å². The van der Waals surface area contributed by atoms with Crippen molar-refractivity contribution >= 4 is 10.0 Å². The summed E-state index contributed by atoms with van der Waals surface area (Å²) in [5.74, 6) is -0.581. The Morgan fingerprint density at radius 2 is 2.14 bits per heavy atom. The number of nitrogens with one attached hydrogen (secondary N) is 1. The Morgan fingerprint density at radius 3 is 2.76 bits per heavy atom. The second kappa shape index (κ2) is 6.20. The van der Waals surface area contributed by atoms with E-state index in [4.69, 9.17) is 4.74 Å². The van der Waals surface area contributed by atoms with E-state index in [9.17, 15) is 21.6 Å². The van der Waals surface area contributed by atoms with Gasteiger partial charge in [0.05, 0.1) is 11.0 Å². The number of benzene rings is 1. The van der Waals surface area contributed by atoms with E-state index in [1.54, 1.807) is 0 Å². The number of ether oxygens (including phenoxy) is 2. The number of sulfonamides is 1. The molecular formula is C12H14F3NO4S. The van der Waals surface area contributed by atoms with Crippen LogP contribution in [0, 0.1) is 0 Å². The predicted molar refractivity (Wildman–Crippen MR) is 67.3 cm³/mol. The first kappa shape index (κ1) is 16.1. The van der Waals surface area contributed by atoms with Gasteiger partial charge in [-0.15, -0.1) is 13.2 Å². The molecule has 0 amide bonds. The lowest BCUT2D eigenvalue weighted by molar-refractivity contribution is -0.274. The molecule has 0 bridgehead atoms. The predicted octanol–water partition coefficient (Wildman–Crippen LogP) is 2.04. The molecule has 21 heavy (non-hydrogen) atoms. The minimum atomic E-state index is -4.87. The maximum Gasteiger partial charge on any atom is 0.573 e. The number of hydrogen-bond acceptors (Lipinski definition) is 4. The molecule has 0 aromatic heterocycles. The summed E-state index contributed by atoms with van der Waals surface area (Å²) in [6.07, 6.45) is -3.46. The monoisotopic (exact) mass is 325 g/mol. The summed E-state index contributed by atoms with van der Waals surface area (Å²) in [5, 5.41) is 0. The van der Waals surface area contributed by atoms with Crippen LogP contribution >= 0.6 is 0 Å². The molecule has 1 aliphatic rings. The summed E-state index contributed by atoms with van der Waals surface area (Å²) in [7, 11) is -3.90. The first-order chi connectivity index (χ1) is 9.76. The quantitative estimate of drug-likeness (QED) is 0.900. The molecule has 9 heteroatoms. The van der Waals surface area contributed by atoms with Crippen LogP contribution in [-0.4, -0.2) is 34.0 Å². The summed E-state index contributed by atoms with van der Waals surface area (Å²) in [4.78, 5) is -0.290. The highest BCUT2D eigenvalue weighted by molar-refractivity contribution is 7.89. The van der Waals surface area contributed by atoms with Gasteiger partial charge in [0.1, 0.15) is 5.75 Å². The standard InChI is InChI=1S/C12H14F3NO4S/c13-12(14,15)20-9-3-1-5-11(7-9)21(17,18)16-8-10-4-2-6-19-10/h1,3,5,7,10,16H,2,4,6,8H2/t10-/m0/s1. The van der Waals surface area contributed by atoms with Gasteiger partial charge in [-0.2, -0.15) is 0 Å². The van der Waals surface area contributed by atoms with E-state index >= 15 is 0 Å². The summed E-state index contributed by atoms with van der Waals surface area (Å²) in [6, 6.07) is 4.24. The molecule has 0 radical (unpaired) electrons. The molecule has 1 N–H and O–H groups in total. The molecule has 0 aliphatic carbocycles. The summed E-state index contributed by atoms with van der Waals surface area (Å²) >= 11 is 0. The van der Waals surface area contributed by atoms with Crippen molar-refractivity contribution in [3.8, 4) is 5.75 Å². The Hall–Kier alpha value is -1.32. The highest BCUT2D eigenvalue weighted by Crippen LogP contribution is 2.25. The Balaban J connectivity index is 2.06. The molecule has 1 atom stereocenters. The lowest BCUT2D eigenvalue weighted by atomic mass is 10.2. The summed E-state index contributed by atoms with van der Waals surface area (Å²) in [5.41, 5.74) is 0. The molecule has 0 saturated carbocycles. The third-order valence-corrected chi connectivity index (χ3v) is 4.30. The lowest BCUT2D eigenvalue weighted by Crippen LogP contribution is -2.31. The minimum absolute atomic E-state index is 0.0900. The van der Waals surface area contributed by atoms with Crippen LogP contribution in [0.3, 0.4) is 0 Å². The molecule has 1 aliphatic heterocycles. The van der Waals surface area contributed by atoms with Gasteiger partial charge in [-0.05, 0) is 25.0 Å². The van der Waals surface area contributed by atoms with E-state index in [0.29, 0.717) is 6.61 Å². The molecule has 1 saturated heterocycles. The van der Waals surface area contributed by atoms with Crippen LogP contribution in [0.1, 0.15) is 12.8 Å². The van der Waals surface area contributed by atoms with Crippen LogP contribution in [0.2, 0.25) is 0 Å². The van der Waals surface area contributed by atoms with Crippen LogP contribution in [-0.2, 0) is 14.8 Å². The van der Waals surface area contributed by atoms with Crippen molar-refractivity contribution in [1.82, 2.24) is 4.72 Å². The minimum Gasteiger partial charge on any atom is -0.406 e. The smallest absolute Gasteiger partial charge is 0.406 e. The first-order valence-electron chi connectivity index (χ1n) is 6.23. The van der Waals surface area contributed by atoms with E-state index in [-0.39, 0.29) is 17.5 Å². The van der Waals surface area contributed by atoms with Crippen LogP contribution < -0.4 is 9.46 Å². The van der Waals surface area contributed by atoms with Crippen molar-refractivity contribution < 1.29 is 31.1 Å². The van der Waals surface area contributed by atoms with Crippen LogP contribution in [0.4, 0.5) is 13.2 Å². The van der Waals surface area contributed by atoms with Crippen molar-refractivity contribution in [1.29, 1.82) is 0 Å². The van der Waals surface area contributed by atoms with Gasteiger partial charge in [-0.3, -0.25) is 0 Å². The highest BCUT2D eigenvalue weighted by atomic mass is 32.2. The zero-order valence-corrected chi connectivity index (χ0v) is 11.7. The normalized spacial score (nSPS) is 19.7. The second-order valence-corrected chi connectivity index (χ2v) is 6.28. The Kier molecular flexibility index (Phi) is 4.74. The first-order valence-corrected chi connectivity index (χ1v) is 7.72. The Labute approximate surface area is 120 Å². The molecule has 5 nitrogen and oxygen atoms in total. The molecule has 1 aromatic carbocycles. The van der Waals surface area contributed by atoms with Gasteiger partial charge in [0.15, 0.2) is 0 Å². The van der Waals surface area contributed by atoms with Gasteiger partial charge in [0, 0.05) is 19.2 Å². The molecule has 1 heterocycles. The van der Waals surface area contributed by atoms with Crippen LogP contribution in [0.15, 0.2) is 29.2 Å². The average Bonchev–Trinajstić information content (AvgIpc) is 2.88. The topological polar surface area (TPSA) is 64.6 Å². The number of alkyl halides is 3. The zero-order valence-electron chi connectivity index (χ0n) is 10.9. The Morgan fingerprint density at radius 1 is 1.38 bits per heavy atom. The lowest BCUT2D eigenvalue weighted by Gasteiger charge is -2.13. The van der Waals surface area contributed by atoms with Crippen molar-refractivity contribution in [2.45, 2.75) is 30.2 Å². The number of hydrogen-bond donors (Lipinski definition) is 1. The summed E-state index contributed by atoms with van der Waals surface area (Å²) < 4.78 is 71.7. The zero-order chi connectivity index (χ0) is 15.5. The average molecular weight is 325 g/mol. The van der Waals surface area contributed by atoms with Crippen molar-refractivity contribution in [2.24, 2.45) is 0 Å². The van der Waals surface area contributed by atoms with Gasteiger partial charge in [0.2, 0.25) is 10.0 Å². The van der Waals surface area contributed by atoms with Gasteiger partial charge in [-0.25, -0.2) is 13.1 Å². The number of rotatable bonds is 5. The fraction of sp³-hybridized carbons (Fsp3) is 0.500. The third-order valence-electron chi connectivity index (χ3n) is 2.87. The molecule has 1 aromatic rings. The van der Waals surface area contributed by atoms with Crippen molar-refractivity contribution in [2.75, 3.05) is 13.2 Å². The van der Waals surface area contributed by atoms with Crippen LogP contribution in [0.5, 0.6) is 5.75 Å². The van der Waals surface area contributed by atoms with E-state index < -0.39 is 22.1 Å². The maximum absolute atomic E-state index is 12.1. The molecule has 118 valence electrons. The fourth-order valence-electron chi connectivity index (χ4n) is 1.93. The van der Waals surface area contributed by atoms with E-state index in [0.717, 1.165) is 25.0 Å². The highest BCUT2D eigenvalue weighted by Gasteiger charge is 2.31. The largest absolute Gasteiger partial charge is 0.573 e. The third kappa shape index (κ3) is 4.87. The van der Waals surface area contributed by atoms with Crippen LogP contribution in [0.25, 0.3) is 0 Å². The van der Waals surface area contributed by atoms with Crippen molar-refractivity contribution in [3.05, 3.63) is 24.3 Å². The SMILES string of the molecule is O=S(=O)(NC[C@@H]1CCCO1)c1cccc(OC(F)(F)F)c1. The van der Waals surface area contributed by atoms with E-state index in [1.807, 2.05) is 0 Å². The van der Waals surface area contributed by atoms with Gasteiger partial charge < -0.3 is 9.47 Å². The fourth-order valence-corrected chi connectivity index (χ4v) is 3.03. The maximum atomic E-state index is 12.1. The molecule has 0 unspecified atom stereocenters. The van der Waals surface area contributed by atoms with Gasteiger partial charge in [-0.1, -0.05) is 6.07 Å². The second-order valence-electron chi connectivity index (χ2n) is 4.51. The molecular weight excluding hydrogens is 311 g/mol. The molecule has 0 spiro atoms. The molecule has 2 rings (SSSR count). The molecule has 1 fully saturated rings. The number of halogens is 3.